The maximum absolute atomic E-state index is 12.0. The van der Waals surface area contributed by atoms with Gasteiger partial charge in [-0.05, 0) is 58.2 Å². The summed E-state index contributed by atoms with van der Waals surface area (Å²) in [6.07, 6.45) is 21.4. The second-order valence-corrected chi connectivity index (χ2v) is 13.6. The van der Waals surface area contributed by atoms with Gasteiger partial charge >= 0.3 is 11.9 Å². The average molecular weight is 633 g/mol. The number of hydrogen-bond acceptors (Lipinski definition) is 6. The van der Waals surface area contributed by atoms with Crippen molar-refractivity contribution in [3.8, 4) is 0 Å². The van der Waals surface area contributed by atoms with E-state index in [9.17, 15) is 18.0 Å². The number of sulfonamides is 1. The first kappa shape index (κ1) is 41.1. The minimum Gasteiger partial charge on any atom is -0.481 e. The molecule has 43 heavy (non-hydrogen) atoms. The van der Waals surface area contributed by atoms with Crippen LogP contribution in [0.3, 0.4) is 0 Å². The van der Waals surface area contributed by atoms with Gasteiger partial charge in [0.1, 0.15) is 0 Å². The molecule has 0 aliphatic rings. The maximum Gasteiger partial charge on any atom is 0.305 e. The number of carboxylic acid groups (broad SMARTS) is 1. The molecule has 10 nitrogen and oxygen atoms in total. The summed E-state index contributed by atoms with van der Waals surface area (Å²) in [5, 5.41) is 11.9. The van der Waals surface area contributed by atoms with Crippen LogP contribution < -0.4 is 5.32 Å². The fourth-order valence-corrected chi connectivity index (χ4v) is 5.40. The molecule has 0 fully saturated rings. The van der Waals surface area contributed by atoms with E-state index < -0.39 is 16.0 Å². The van der Waals surface area contributed by atoms with Crippen molar-refractivity contribution >= 4 is 27.9 Å². The number of unbranched alkanes of at least 4 members (excludes halogenated alkanes) is 14. The smallest absolute Gasteiger partial charge is 0.305 e. The van der Waals surface area contributed by atoms with Crippen LogP contribution in [0.2, 0.25) is 0 Å². The van der Waals surface area contributed by atoms with Gasteiger partial charge in [0.25, 0.3) is 10.0 Å². The Morgan fingerprint density at radius 3 is 1.74 bits per heavy atom. The lowest BCUT2D eigenvalue weighted by molar-refractivity contribution is -0.144. The Balaban J connectivity index is 4.24. The Kier molecular flexibility index (Phi) is 26.4. The number of nitrogens with one attached hydrogen (secondary N) is 1. The minimum atomic E-state index is -3.47. The van der Waals surface area contributed by atoms with Gasteiger partial charge in [-0.3, -0.25) is 9.59 Å². The van der Waals surface area contributed by atoms with Crippen molar-refractivity contribution in [2.45, 2.75) is 135 Å². The van der Waals surface area contributed by atoms with Crippen LogP contribution in [0.25, 0.3) is 0 Å². The molecule has 0 saturated carbocycles. The van der Waals surface area contributed by atoms with Crippen LogP contribution in [-0.4, -0.2) is 94.4 Å². The molecule has 0 heterocycles. The van der Waals surface area contributed by atoms with Gasteiger partial charge in [0.2, 0.25) is 5.96 Å². The SMILES string of the molecule is CCCCCCCCCOC(=O)CCCCCCCN(CCCCCCCC(=O)O)CCCN/C(=N/S(C)(=O)=O)N(C)C. The van der Waals surface area contributed by atoms with Crippen LogP contribution >= 0.6 is 0 Å². The predicted molar refractivity (Wildman–Crippen MR) is 177 cm³/mol. The summed E-state index contributed by atoms with van der Waals surface area (Å²) in [7, 11) is 0.0577. The number of carbonyl (C=O) groups is 2. The quantitative estimate of drug-likeness (QED) is 0.0428. The van der Waals surface area contributed by atoms with Gasteiger partial charge in [0, 0.05) is 33.5 Å². The molecule has 254 valence electrons. The molecule has 0 amide bonds. The van der Waals surface area contributed by atoms with E-state index in [0.29, 0.717) is 25.5 Å². The summed E-state index contributed by atoms with van der Waals surface area (Å²) in [5.74, 6) is -0.442. The largest absolute Gasteiger partial charge is 0.481 e. The Labute approximate surface area is 263 Å². The van der Waals surface area contributed by atoms with Gasteiger partial charge in [-0.2, -0.15) is 0 Å². The number of carboxylic acids is 1. The van der Waals surface area contributed by atoms with Crippen molar-refractivity contribution in [2.24, 2.45) is 4.40 Å². The lowest BCUT2D eigenvalue weighted by atomic mass is 10.1. The summed E-state index contributed by atoms with van der Waals surface area (Å²) in [4.78, 5) is 26.8. The zero-order chi connectivity index (χ0) is 32.2. The third-order valence-corrected chi connectivity index (χ3v) is 7.85. The van der Waals surface area contributed by atoms with Crippen molar-refractivity contribution in [3.05, 3.63) is 0 Å². The highest BCUT2D eigenvalue weighted by Gasteiger charge is 2.09. The monoisotopic (exact) mass is 632 g/mol. The Morgan fingerprint density at radius 2 is 1.21 bits per heavy atom. The normalized spacial score (nSPS) is 12.1. The van der Waals surface area contributed by atoms with Gasteiger partial charge < -0.3 is 25.0 Å². The van der Waals surface area contributed by atoms with Crippen molar-refractivity contribution in [1.82, 2.24) is 15.1 Å². The van der Waals surface area contributed by atoms with Gasteiger partial charge in [0.15, 0.2) is 0 Å². The number of esters is 1. The Morgan fingerprint density at radius 1 is 0.721 bits per heavy atom. The van der Waals surface area contributed by atoms with E-state index in [0.717, 1.165) is 109 Å². The third-order valence-electron chi connectivity index (χ3n) is 7.34. The molecule has 0 aliphatic heterocycles. The first-order valence-corrected chi connectivity index (χ1v) is 18.7. The van der Waals surface area contributed by atoms with Crippen molar-refractivity contribution in [2.75, 3.05) is 53.1 Å². The van der Waals surface area contributed by atoms with Crippen LogP contribution in [0.1, 0.15) is 135 Å². The maximum atomic E-state index is 12.0. The van der Waals surface area contributed by atoms with E-state index in [4.69, 9.17) is 9.84 Å². The second kappa shape index (κ2) is 27.7. The number of guanidine groups is 1. The summed E-state index contributed by atoms with van der Waals surface area (Å²) in [6, 6.07) is 0. The zero-order valence-corrected chi connectivity index (χ0v) is 28.7. The van der Waals surface area contributed by atoms with Crippen molar-refractivity contribution in [3.63, 3.8) is 0 Å². The highest BCUT2D eigenvalue weighted by Crippen LogP contribution is 2.11. The molecule has 0 aromatic carbocycles. The Bertz CT molecular complexity index is 836. The standard InChI is InChI=1S/C32H64N4O6S/c1-5-6-7-8-9-16-21-29-42-31(39)24-18-13-11-15-20-27-36(26-19-14-10-12-17-23-30(37)38)28-22-25-33-32(35(2)3)34-43(4,40)41/h5-29H2,1-4H3,(H,33,34)(H,37,38). The van der Waals surface area contributed by atoms with E-state index in [2.05, 4.69) is 21.5 Å². The number of carbonyl (C=O) groups excluding carboxylic acids is 1. The lowest BCUT2D eigenvalue weighted by Gasteiger charge is -2.23. The first-order chi connectivity index (χ1) is 20.5. The van der Waals surface area contributed by atoms with Crippen LogP contribution in [-0.2, 0) is 24.3 Å². The van der Waals surface area contributed by atoms with E-state index in [1.807, 2.05) is 0 Å². The molecule has 0 aromatic heterocycles. The average Bonchev–Trinajstić information content (AvgIpc) is 2.93. The topological polar surface area (TPSA) is 129 Å². The molecule has 2 N–H and O–H groups in total. The van der Waals surface area contributed by atoms with Gasteiger partial charge in [-0.25, -0.2) is 8.42 Å². The second-order valence-electron chi connectivity index (χ2n) is 11.9. The fraction of sp³-hybridized carbons (Fsp3) is 0.906. The molecular formula is C32H64N4O6S. The van der Waals surface area contributed by atoms with Gasteiger partial charge in [-0.15, -0.1) is 4.40 Å². The van der Waals surface area contributed by atoms with Crippen molar-refractivity contribution in [1.29, 1.82) is 0 Å². The van der Waals surface area contributed by atoms with Gasteiger partial charge in [-0.1, -0.05) is 84.0 Å². The Hall–Kier alpha value is -1.88. The number of nitrogens with zero attached hydrogens (tertiary/aromatic N) is 3. The molecule has 0 bridgehead atoms. The molecule has 0 aromatic rings. The first-order valence-electron chi connectivity index (χ1n) is 16.9. The number of hydrogen-bond donors (Lipinski definition) is 2. The molecule has 0 saturated heterocycles. The fourth-order valence-electron chi connectivity index (χ4n) is 4.86. The number of rotatable bonds is 29. The molecule has 0 aliphatic carbocycles. The minimum absolute atomic E-state index is 0.0623. The summed E-state index contributed by atoms with van der Waals surface area (Å²) in [6.45, 7) is 6.34. The van der Waals surface area contributed by atoms with Gasteiger partial charge in [0.05, 0.1) is 12.9 Å². The molecule has 0 spiro atoms. The van der Waals surface area contributed by atoms with E-state index in [-0.39, 0.29) is 12.4 Å². The van der Waals surface area contributed by atoms with Crippen LogP contribution in [0.4, 0.5) is 0 Å². The van der Waals surface area contributed by atoms with E-state index >= 15 is 0 Å². The zero-order valence-electron chi connectivity index (χ0n) is 27.9. The van der Waals surface area contributed by atoms with Crippen LogP contribution in [0.5, 0.6) is 0 Å². The molecular weight excluding hydrogens is 568 g/mol. The van der Waals surface area contributed by atoms with E-state index in [1.165, 1.54) is 32.1 Å². The predicted octanol–water partition coefficient (Wildman–Crippen LogP) is 6.20. The highest BCUT2D eigenvalue weighted by atomic mass is 32.2. The number of aliphatic carboxylic acids is 1. The summed E-state index contributed by atoms with van der Waals surface area (Å²) < 4.78 is 32.3. The van der Waals surface area contributed by atoms with Crippen molar-refractivity contribution < 1.29 is 27.9 Å². The summed E-state index contributed by atoms with van der Waals surface area (Å²) in [5.41, 5.74) is 0. The molecule has 0 atom stereocenters. The van der Waals surface area contributed by atoms with Crippen LogP contribution in [0, 0.1) is 0 Å². The molecule has 0 rings (SSSR count). The van der Waals surface area contributed by atoms with Crippen LogP contribution in [0.15, 0.2) is 4.40 Å². The lowest BCUT2D eigenvalue weighted by Crippen LogP contribution is -2.38. The molecule has 11 heteroatoms. The summed E-state index contributed by atoms with van der Waals surface area (Å²) >= 11 is 0. The number of ether oxygens (including phenoxy) is 1. The van der Waals surface area contributed by atoms with E-state index in [1.54, 1.807) is 19.0 Å². The molecule has 0 radical (unpaired) electrons. The molecule has 0 unspecified atom stereocenters. The highest BCUT2D eigenvalue weighted by molar-refractivity contribution is 7.89. The third kappa shape index (κ3) is 29.9.